The van der Waals surface area contributed by atoms with Gasteiger partial charge in [0.15, 0.2) is 0 Å². The molecule has 3 amide bonds. The first kappa shape index (κ1) is 28.2. The first-order chi connectivity index (χ1) is 18.7. The van der Waals surface area contributed by atoms with E-state index in [4.69, 9.17) is 11.6 Å². The Kier molecular flexibility index (Phi) is 9.25. The largest absolute Gasteiger partial charge is 0.369 e. The maximum atomic E-state index is 13.8. The Balaban J connectivity index is 1.57. The van der Waals surface area contributed by atoms with Gasteiger partial charge in [-0.15, -0.1) is 0 Å². The van der Waals surface area contributed by atoms with Crippen molar-refractivity contribution in [2.75, 3.05) is 43.4 Å². The number of hydrogen-bond acceptors (Lipinski definition) is 4. The monoisotopic (exact) mass is 546 g/mol. The maximum Gasteiger partial charge on any atom is 0.256 e. The third-order valence-electron chi connectivity index (χ3n) is 6.84. The minimum atomic E-state index is -0.181. The van der Waals surface area contributed by atoms with E-state index in [-0.39, 0.29) is 23.6 Å². The van der Waals surface area contributed by atoms with Crippen molar-refractivity contribution < 1.29 is 14.4 Å². The number of rotatable bonds is 7. The number of anilines is 2. The number of carbonyl (C=O) groups is 3. The molecule has 39 heavy (non-hydrogen) atoms. The third-order valence-corrected chi connectivity index (χ3v) is 7.10. The molecule has 1 heterocycles. The van der Waals surface area contributed by atoms with Gasteiger partial charge in [-0.1, -0.05) is 55.8 Å². The van der Waals surface area contributed by atoms with Crippen LogP contribution in [0.4, 0.5) is 11.4 Å². The van der Waals surface area contributed by atoms with E-state index in [0.29, 0.717) is 54.6 Å². The number of amides is 3. The van der Waals surface area contributed by atoms with Gasteiger partial charge in [0, 0.05) is 67.7 Å². The van der Waals surface area contributed by atoms with Crippen LogP contribution in [0.3, 0.4) is 0 Å². The van der Waals surface area contributed by atoms with Crippen molar-refractivity contribution in [2.45, 2.75) is 26.8 Å². The average molecular weight is 547 g/mol. The van der Waals surface area contributed by atoms with Crippen LogP contribution in [-0.4, -0.2) is 60.7 Å². The molecule has 0 aliphatic carbocycles. The van der Waals surface area contributed by atoms with Crippen LogP contribution < -0.4 is 10.2 Å². The van der Waals surface area contributed by atoms with Gasteiger partial charge in [0.25, 0.3) is 11.8 Å². The highest BCUT2D eigenvalue weighted by Crippen LogP contribution is 2.28. The van der Waals surface area contributed by atoms with Crippen LogP contribution in [0.25, 0.3) is 0 Å². The number of nitrogens with zero attached hydrogens (tertiary/aromatic N) is 3. The molecule has 0 atom stereocenters. The predicted molar refractivity (Wildman–Crippen MR) is 156 cm³/mol. The van der Waals surface area contributed by atoms with Gasteiger partial charge in [-0.3, -0.25) is 14.4 Å². The molecule has 204 valence electrons. The lowest BCUT2D eigenvalue weighted by molar-refractivity contribution is -0.118. The molecular formula is C31H35ClN4O3. The van der Waals surface area contributed by atoms with Crippen LogP contribution in [0.5, 0.6) is 0 Å². The molecule has 0 aromatic heterocycles. The van der Waals surface area contributed by atoms with Crippen molar-refractivity contribution in [3.8, 4) is 0 Å². The Morgan fingerprint density at radius 3 is 2.33 bits per heavy atom. The van der Waals surface area contributed by atoms with Crippen LogP contribution in [0.1, 0.15) is 46.5 Å². The zero-order chi connectivity index (χ0) is 27.9. The molecule has 4 rings (SSSR count). The van der Waals surface area contributed by atoms with E-state index in [1.807, 2.05) is 61.2 Å². The van der Waals surface area contributed by atoms with Gasteiger partial charge in [-0.2, -0.15) is 0 Å². The topological polar surface area (TPSA) is 73.0 Å². The van der Waals surface area contributed by atoms with Gasteiger partial charge >= 0.3 is 0 Å². The molecule has 8 heteroatoms. The lowest BCUT2D eigenvalue weighted by Crippen LogP contribution is -2.36. The molecule has 0 saturated carbocycles. The van der Waals surface area contributed by atoms with Gasteiger partial charge < -0.3 is 20.0 Å². The fourth-order valence-electron chi connectivity index (χ4n) is 4.62. The van der Waals surface area contributed by atoms with E-state index in [1.165, 1.54) is 0 Å². The summed E-state index contributed by atoms with van der Waals surface area (Å²) in [4.78, 5) is 45.0. The normalized spacial score (nSPS) is 13.7. The van der Waals surface area contributed by atoms with Crippen molar-refractivity contribution in [3.63, 3.8) is 0 Å². The molecule has 1 saturated heterocycles. The summed E-state index contributed by atoms with van der Waals surface area (Å²) < 4.78 is 0. The predicted octanol–water partition coefficient (Wildman–Crippen LogP) is 5.56. The van der Waals surface area contributed by atoms with Crippen LogP contribution in [0.15, 0.2) is 72.8 Å². The molecular weight excluding hydrogens is 512 g/mol. The van der Waals surface area contributed by atoms with E-state index in [1.54, 1.807) is 42.3 Å². The van der Waals surface area contributed by atoms with Crippen molar-refractivity contribution >= 4 is 40.7 Å². The highest BCUT2D eigenvalue weighted by Gasteiger charge is 2.25. The van der Waals surface area contributed by atoms with Gasteiger partial charge in [-0.25, -0.2) is 0 Å². The molecule has 7 nitrogen and oxygen atoms in total. The minimum absolute atomic E-state index is 0.0286. The summed E-state index contributed by atoms with van der Waals surface area (Å²) in [7, 11) is 1.79. The Labute approximate surface area is 235 Å². The smallest absolute Gasteiger partial charge is 0.256 e. The summed E-state index contributed by atoms with van der Waals surface area (Å²) in [5.41, 5.74) is 3.54. The Morgan fingerprint density at radius 2 is 1.64 bits per heavy atom. The Hall–Kier alpha value is -3.84. The number of nitrogens with one attached hydrogen (secondary N) is 1. The summed E-state index contributed by atoms with van der Waals surface area (Å²) in [5, 5.41) is 3.51. The molecule has 3 aromatic rings. The zero-order valence-electron chi connectivity index (χ0n) is 22.7. The fourth-order valence-corrected chi connectivity index (χ4v) is 4.74. The zero-order valence-corrected chi connectivity index (χ0v) is 23.4. The lowest BCUT2D eigenvalue weighted by atomic mass is 10.1. The summed E-state index contributed by atoms with van der Waals surface area (Å²) in [6.07, 6.45) is 0.763. The summed E-state index contributed by atoms with van der Waals surface area (Å²) >= 11 is 5.99. The highest BCUT2D eigenvalue weighted by molar-refractivity contribution is 6.30. The molecule has 0 radical (unpaired) electrons. The molecule has 1 aliphatic heterocycles. The second kappa shape index (κ2) is 12.8. The maximum absolute atomic E-state index is 13.8. The summed E-state index contributed by atoms with van der Waals surface area (Å²) in [6, 6.07) is 22.3. The van der Waals surface area contributed by atoms with Gasteiger partial charge in [0.1, 0.15) is 0 Å². The number of benzene rings is 3. The number of halogens is 1. The number of carbonyl (C=O) groups excluding carboxylic acids is 3. The molecule has 0 bridgehead atoms. The summed E-state index contributed by atoms with van der Waals surface area (Å²) in [6.45, 7) is 6.56. The third kappa shape index (κ3) is 7.18. The van der Waals surface area contributed by atoms with Gasteiger partial charge in [0.05, 0.1) is 5.56 Å². The molecule has 3 aromatic carbocycles. The Morgan fingerprint density at radius 1 is 0.923 bits per heavy atom. The van der Waals surface area contributed by atoms with E-state index < -0.39 is 0 Å². The number of hydrogen-bond donors (Lipinski definition) is 1. The summed E-state index contributed by atoms with van der Waals surface area (Å²) in [5.74, 6) is -0.448. The first-order valence-electron chi connectivity index (χ1n) is 13.3. The standard InChI is InChI=1S/C31H35ClN4O3/c1-22(2)29(37)33-26-14-15-28(27(20-26)31(39)34(3)21-23-8-5-4-6-9-23)35-16-7-17-36(19-18-35)30(38)24-10-12-25(32)13-11-24/h4-6,8-15,20,22H,7,16-19,21H2,1-3H3,(H,33,37). The highest BCUT2D eigenvalue weighted by atomic mass is 35.5. The van der Waals surface area contributed by atoms with E-state index >= 15 is 0 Å². The van der Waals surface area contributed by atoms with Crippen LogP contribution >= 0.6 is 11.6 Å². The molecule has 1 fully saturated rings. The van der Waals surface area contributed by atoms with Crippen LogP contribution in [-0.2, 0) is 11.3 Å². The second-order valence-corrected chi connectivity index (χ2v) is 10.6. The average Bonchev–Trinajstić information content (AvgIpc) is 3.19. The van der Waals surface area contributed by atoms with Crippen molar-refractivity contribution in [3.05, 3.63) is 94.5 Å². The molecule has 1 N–H and O–H groups in total. The molecule has 1 aliphatic rings. The lowest BCUT2D eigenvalue weighted by Gasteiger charge is -2.28. The van der Waals surface area contributed by atoms with E-state index in [0.717, 1.165) is 17.7 Å². The molecule has 0 unspecified atom stereocenters. The van der Waals surface area contributed by atoms with Gasteiger partial charge in [-0.05, 0) is 54.4 Å². The van der Waals surface area contributed by atoms with Crippen LogP contribution in [0, 0.1) is 5.92 Å². The van der Waals surface area contributed by atoms with Crippen molar-refractivity contribution in [1.82, 2.24) is 9.80 Å². The Bertz CT molecular complexity index is 1310. The van der Waals surface area contributed by atoms with Crippen molar-refractivity contribution in [1.29, 1.82) is 0 Å². The molecule has 0 spiro atoms. The van der Waals surface area contributed by atoms with Crippen molar-refractivity contribution in [2.24, 2.45) is 5.92 Å². The van der Waals surface area contributed by atoms with E-state index in [9.17, 15) is 14.4 Å². The first-order valence-corrected chi connectivity index (χ1v) is 13.6. The minimum Gasteiger partial charge on any atom is -0.369 e. The van der Waals surface area contributed by atoms with E-state index in [2.05, 4.69) is 10.2 Å². The second-order valence-electron chi connectivity index (χ2n) is 10.2. The van der Waals surface area contributed by atoms with Crippen LogP contribution in [0.2, 0.25) is 5.02 Å². The fraction of sp³-hybridized carbons (Fsp3) is 0.323. The van der Waals surface area contributed by atoms with Gasteiger partial charge in [0.2, 0.25) is 5.91 Å². The SMILES string of the molecule is CC(C)C(=O)Nc1ccc(N2CCCN(C(=O)c3ccc(Cl)cc3)CC2)c(C(=O)N(C)Cc2ccccc2)c1. The quantitative estimate of drug-likeness (QED) is 0.421.